The maximum atomic E-state index is 11.9. The first-order valence-corrected chi connectivity index (χ1v) is 7.66. The summed E-state index contributed by atoms with van der Waals surface area (Å²) in [6.07, 6.45) is 0. The van der Waals surface area contributed by atoms with Crippen molar-refractivity contribution in [3.05, 3.63) is 53.1 Å². The van der Waals surface area contributed by atoms with Crippen molar-refractivity contribution < 1.29 is 14.3 Å². The summed E-state index contributed by atoms with van der Waals surface area (Å²) in [6.45, 7) is 0. The van der Waals surface area contributed by atoms with Gasteiger partial charge in [0, 0.05) is 16.0 Å². The molecule has 2 rings (SSSR count). The minimum atomic E-state index is -0.400. The van der Waals surface area contributed by atoms with Crippen molar-refractivity contribution >= 4 is 29.3 Å². The molecule has 0 spiro atoms. The Morgan fingerprint density at radius 3 is 2.59 bits per heavy atom. The van der Waals surface area contributed by atoms with Crippen LogP contribution in [0.3, 0.4) is 0 Å². The minimum absolute atomic E-state index is 0.158. The third-order valence-electron chi connectivity index (χ3n) is 2.69. The van der Waals surface area contributed by atoms with E-state index in [0.29, 0.717) is 22.1 Å². The quantitative estimate of drug-likeness (QED) is 0.471. The lowest BCUT2D eigenvalue weighted by atomic mass is 10.2. The molecule has 2 aromatic rings. The molecule has 0 N–H and O–H groups in total. The van der Waals surface area contributed by atoms with E-state index < -0.39 is 5.97 Å². The summed E-state index contributed by atoms with van der Waals surface area (Å²) in [7, 11) is 1.45. The minimum Gasteiger partial charge on any atom is -0.493 e. The summed E-state index contributed by atoms with van der Waals surface area (Å²) in [4.78, 5) is 12.8. The van der Waals surface area contributed by atoms with Crippen molar-refractivity contribution in [1.29, 1.82) is 5.26 Å². The Bertz CT molecular complexity index is 710. The van der Waals surface area contributed by atoms with Crippen molar-refractivity contribution in [3.63, 3.8) is 0 Å². The van der Waals surface area contributed by atoms with Gasteiger partial charge >= 0.3 is 5.97 Å². The Hall–Kier alpha value is -2.16. The maximum absolute atomic E-state index is 11.9. The smallest absolute Gasteiger partial charge is 0.321 e. The molecule has 0 unspecified atom stereocenters. The molecule has 0 aliphatic heterocycles. The SMILES string of the molecule is COc1cc(C#N)ccc1OC(=O)CSc1ccc(Cl)cc1. The van der Waals surface area contributed by atoms with Gasteiger partial charge in [-0.15, -0.1) is 11.8 Å². The number of nitriles is 1. The molecule has 0 fully saturated rings. The number of nitrogens with zero attached hydrogens (tertiary/aromatic N) is 1. The Labute approximate surface area is 137 Å². The second-order valence-corrected chi connectivity index (χ2v) is 5.68. The first kappa shape index (κ1) is 16.2. The van der Waals surface area contributed by atoms with Crippen molar-refractivity contribution in [2.24, 2.45) is 0 Å². The number of thioether (sulfide) groups is 1. The van der Waals surface area contributed by atoms with Gasteiger partial charge in [-0.05, 0) is 36.4 Å². The fourth-order valence-corrected chi connectivity index (χ4v) is 2.44. The molecule has 0 bridgehead atoms. The topological polar surface area (TPSA) is 59.3 Å². The number of hydrogen-bond acceptors (Lipinski definition) is 5. The van der Waals surface area contributed by atoms with E-state index in [-0.39, 0.29) is 5.75 Å². The summed E-state index contributed by atoms with van der Waals surface area (Å²) in [5, 5.41) is 9.48. The van der Waals surface area contributed by atoms with E-state index in [1.807, 2.05) is 18.2 Å². The average Bonchev–Trinajstić information content (AvgIpc) is 2.54. The van der Waals surface area contributed by atoms with Crippen LogP contribution < -0.4 is 9.47 Å². The molecule has 0 amide bonds. The second-order valence-electron chi connectivity index (χ2n) is 4.19. The highest BCUT2D eigenvalue weighted by molar-refractivity contribution is 8.00. The van der Waals surface area contributed by atoms with Crippen LogP contribution in [0.25, 0.3) is 0 Å². The molecule has 0 atom stereocenters. The van der Waals surface area contributed by atoms with E-state index in [1.54, 1.807) is 24.3 Å². The molecule has 0 aromatic heterocycles. The lowest BCUT2D eigenvalue weighted by molar-refractivity contribution is -0.131. The van der Waals surface area contributed by atoms with Crippen LogP contribution >= 0.6 is 23.4 Å². The number of esters is 1. The summed E-state index contributed by atoms with van der Waals surface area (Å²) in [6, 6.07) is 13.8. The zero-order valence-electron chi connectivity index (χ0n) is 11.7. The Kier molecular flexibility index (Phi) is 5.70. The van der Waals surface area contributed by atoms with E-state index in [0.717, 1.165) is 4.90 Å². The number of hydrogen-bond donors (Lipinski definition) is 0. The molecule has 0 saturated heterocycles. The van der Waals surface area contributed by atoms with Gasteiger partial charge in [0.25, 0.3) is 0 Å². The Morgan fingerprint density at radius 2 is 1.95 bits per heavy atom. The average molecular weight is 334 g/mol. The molecule has 0 heterocycles. The van der Waals surface area contributed by atoms with E-state index in [9.17, 15) is 4.79 Å². The van der Waals surface area contributed by atoms with Crippen LogP contribution in [0.5, 0.6) is 11.5 Å². The standard InChI is InChI=1S/C16H12ClNO3S/c1-20-15-8-11(9-18)2-7-14(15)21-16(19)10-22-13-5-3-12(17)4-6-13/h2-8H,10H2,1H3. The third-order valence-corrected chi connectivity index (χ3v) is 3.92. The number of carbonyl (C=O) groups excluding carboxylic acids is 1. The highest BCUT2D eigenvalue weighted by Gasteiger charge is 2.11. The lowest BCUT2D eigenvalue weighted by Crippen LogP contribution is -2.11. The number of rotatable bonds is 5. The largest absolute Gasteiger partial charge is 0.493 e. The molecule has 4 nitrogen and oxygen atoms in total. The van der Waals surface area contributed by atoms with E-state index >= 15 is 0 Å². The van der Waals surface area contributed by atoms with Gasteiger partial charge in [-0.1, -0.05) is 11.6 Å². The fourth-order valence-electron chi connectivity index (χ4n) is 1.65. The van der Waals surface area contributed by atoms with Crippen molar-refractivity contribution in [1.82, 2.24) is 0 Å². The molecule has 2 aromatic carbocycles. The molecular formula is C16H12ClNO3S. The number of ether oxygens (including phenoxy) is 2. The zero-order valence-corrected chi connectivity index (χ0v) is 13.3. The first-order valence-electron chi connectivity index (χ1n) is 6.29. The third kappa shape index (κ3) is 4.42. The predicted octanol–water partition coefficient (Wildman–Crippen LogP) is 3.92. The van der Waals surface area contributed by atoms with Gasteiger partial charge in [0.15, 0.2) is 11.5 Å². The summed E-state index contributed by atoms with van der Waals surface area (Å²) >= 11 is 7.15. The van der Waals surface area contributed by atoms with E-state index in [4.69, 9.17) is 26.3 Å². The Morgan fingerprint density at radius 1 is 1.23 bits per heavy atom. The molecule has 0 aliphatic rings. The first-order chi connectivity index (χ1) is 10.6. The predicted molar refractivity (Wildman–Crippen MR) is 85.5 cm³/mol. The van der Waals surface area contributed by atoms with Gasteiger partial charge in [0.2, 0.25) is 0 Å². The van der Waals surface area contributed by atoms with E-state index in [1.165, 1.54) is 24.9 Å². The highest BCUT2D eigenvalue weighted by Crippen LogP contribution is 2.28. The van der Waals surface area contributed by atoms with Gasteiger partial charge in [0.05, 0.1) is 24.5 Å². The van der Waals surface area contributed by atoms with Gasteiger partial charge in [-0.3, -0.25) is 4.79 Å². The second kappa shape index (κ2) is 7.74. The molecular weight excluding hydrogens is 322 g/mol. The van der Waals surface area contributed by atoms with Gasteiger partial charge < -0.3 is 9.47 Å². The molecule has 112 valence electrons. The molecule has 0 saturated carbocycles. The molecule has 0 aliphatic carbocycles. The maximum Gasteiger partial charge on any atom is 0.321 e. The monoisotopic (exact) mass is 333 g/mol. The van der Waals surface area contributed by atoms with Crippen molar-refractivity contribution in [2.45, 2.75) is 4.90 Å². The van der Waals surface area contributed by atoms with Crippen LogP contribution in [0.2, 0.25) is 5.02 Å². The summed E-state index contributed by atoms with van der Waals surface area (Å²) in [5.41, 5.74) is 0.437. The van der Waals surface area contributed by atoms with Crippen molar-refractivity contribution in [2.75, 3.05) is 12.9 Å². The zero-order chi connectivity index (χ0) is 15.9. The Balaban J connectivity index is 1.97. The van der Waals surface area contributed by atoms with Crippen LogP contribution in [0.4, 0.5) is 0 Å². The number of benzene rings is 2. The number of methoxy groups -OCH3 is 1. The van der Waals surface area contributed by atoms with Gasteiger partial charge in [0.1, 0.15) is 0 Å². The van der Waals surface area contributed by atoms with Crippen LogP contribution in [-0.2, 0) is 4.79 Å². The summed E-state index contributed by atoms with van der Waals surface area (Å²) < 4.78 is 10.4. The van der Waals surface area contributed by atoms with Gasteiger partial charge in [-0.2, -0.15) is 5.26 Å². The fraction of sp³-hybridized carbons (Fsp3) is 0.125. The summed E-state index contributed by atoms with van der Waals surface area (Å²) in [5.74, 6) is 0.403. The van der Waals surface area contributed by atoms with Crippen molar-refractivity contribution in [3.8, 4) is 17.6 Å². The molecule has 0 radical (unpaired) electrons. The normalized spacial score (nSPS) is 9.86. The van der Waals surface area contributed by atoms with E-state index in [2.05, 4.69) is 0 Å². The highest BCUT2D eigenvalue weighted by atomic mass is 35.5. The van der Waals surface area contributed by atoms with Crippen LogP contribution in [0, 0.1) is 11.3 Å². The molecule has 22 heavy (non-hydrogen) atoms. The van der Waals surface area contributed by atoms with Crippen LogP contribution in [-0.4, -0.2) is 18.8 Å². The lowest BCUT2D eigenvalue weighted by Gasteiger charge is -2.09. The molecule has 6 heteroatoms. The van der Waals surface area contributed by atoms with Crippen LogP contribution in [0.1, 0.15) is 5.56 Å². The number of halogens is 1. The van der Waals surface area contributed by atoms with Gasteiger partial charge in [-0.25, -0.2) is 0 Å². The number of carbonyl (C=O) groups is 1. The van der Waals surface area contributed by atoms with Crippen LogP contribution in [0.15, 0.2) is 47.4 Å².